The molecule has 2 aromatic rings. The van der Waals surface area contributed by atoms with E-state index in [2.05, 4.69) is 10.1 Å². The van der Waals surface area contributed by atoms with Crippen molar-refractivity contribution in [2.75, 3.05) is 20.8 Å². The molecule has 0 N–H and O–H groups in total. The number of likely N-dealkylation sites (tertiary alicyclic amines) is 1. The van der Waals surface area contributed by atoms with E-state index in [9.17, 15) is 4.79 Å². The number of para-hydroxylation sites is 1. The van der Waals surface area contributed by atoms with E-state index >= 15 is 0 Å². The molecule has 1 atom stereocenters. The first-order valence-electron chi connectivity index (χ1n) is 8.95. The Hall–Kier alpha value is -2.41. The first kappa shape index (κ1) is 18.4. The predicted molar refractivity (Wildman–Crippen MR) is 94.6 cm³/mol. The summed E-state index contributed by atoms with van der Waals surface area (Å²) in [6.07, 6.45) is 3.95. The van der Waals surface area contributed by atoms with Crippen molar-refractivity contribution in [2.45, 2.75) is 44.8 Å². The monoisotopic (exact) mass is 359 g/mol. The number of carbonyl (C=O) groups is 1. The molecule has 26 heavy (non-hydrogen) atoms. The van der Waals surface area contributed by atoms with Crippen molar-refractivity contribution in [1.82, 2.24) is 15.0 Å². The quantitative estimate of drug-likeness (QED) is 0.756. The molecule has 0 unspecified atom stereocenters. The molecule has 0 saturated carbocycles. The molecule has 140 valence electrons. The highest BCUT2D eigenvalue weighted by Gasteiger charge is 2.31. The summed E-state index contributed by atoms with van der Waals surface area (Å²) in [5.74, 6) is 1.93. The van der Waals surface area contributed by atoms with Crippen LogP contribution in [0.5, 0.6) is 5.75 Å². The summed E-state index contributed by atoms with van der Waals surface area (Å²) in [7, 11) is 3.23. The fraction of sp³-hybridized carbons (Fsp3) is 0.526. The Labute approximate surface area is 153 Å². The zero-order valence-corrected chi connectivity index (χ0v) is 15.3. The topological polar surface area (TPSA) is 77.7 Å². The van der Waals surface area contributed by atoms with Crippen LogP contribution >= 0.6 is 0 Å². The van der Waals surface area contributed by atoms with Crippen LogP contribution in [0.3, 0.4) is 0 Å². The molecule has 7 heteroatoms. The maximum Gasteiger partial charge on any atom is 0.249 e. The van der Waals surface area contributed by atoms with Crippen LogP contribution in [0.15, 0.2) is 28.8 Å². The first-order chi connectivity index (χ1) is 12.7. The number of hydrogen-bond donors (Lipinski definition) is 0. The molecule has 2 heterocycles. The highest BCUT2D eigenvalue weighted by molar-refractivity contribution is 5.77. The fourth-order valence-corrected chi connectivity index (χ4v) is 3.37. The van der Waals surface area contributed by atoms with E-state index in [1.807, 2.05) is 29.2 Å². The van der Waals surface area contributed by atoms with Crippen molar-refractivity contribution < 1.29 is 18.8 Å². The van der Waals surface area contributed by atoms with Crippen LogP contribution < -0.4 is 4.74 Å². The Morgan fingerprint density at radius 1 is 1.31 bits per heavy atom. The van der Waals surface area contributed by atoms with Crippen LogP contribution in [0.4, 0.5) is 0 Å². The summed E-state index contributed by atoms with van der Waals surface area (Å²) < 4.78 is 15.8. The van der Waals surface area contributed by atoms with Gasteiger partial charge in [-0.25, -0.2) is 0 Å². The van der Waals surface area contributed by atoms with Crippen molar-refractivity contribution in [3.05, 3.63) is 41.5 Å². The van der Waals surface area contributed by atoms with Gasteiger partial charge >= 0.3 is 0 Å². The van der Waals surface area contributed by atoms with E-state index in [-0.39, 0.29) is 11.9 Å². The molecule has 1 fully saturated rings. The Bertz CT molecular complexity index is 731. The van der Waals surface area contributed by atoms with Gasteiger partial charge in [0, 0.05) is 20.1 Å². The zero-order valence-electron chi connectivity index (χ0n) is 15.3. The molecular formula is C19H25N3O4. The SMILES string of the molecule is COCc1noc([C@H]2CCCCN2C(=O)CCc2ccccc2OC)n1. The Kier molecular flexibility index (Phi) is 6.22. The molecule has 0 radical (unpaired) electrons. The lowest BCUT2D eigenvalue weighted by atomic mass is 10.0. The maximum atomic E-state index is 12.9. The smallest absolute Gasteiger partial charge is 0.249 e. The lowest BCUT2D eigenvalue weighted by molar-refractivity contribution is -0.135. The summed E-state index contributed by atoms with van der Waals surface area (Å²) in [6, 6.07) is 7.65. The second-order valence-corrected chi connectivity index (χ2v) is 6.39. The van der Waals surface area contributed by atoms with E-state index in [1.54, 1.807) is 14.2 Å². The van der Waals surface area contributed by atoms with Gasteiger partial charge in [0.2, 0.25) is 11.8 Å². The van der Waals surface area contributed by atoms with Gasteiger partial charge in [-0.1, -0.05) is 23.4 Å². The number of benzene rings is 1. The van der Waals surface area contributed by atoms with E-state index in [4.69, 9.17) is 14.0 Å². The van der Waals surface area contributed by atoms with Crippen LogP contribution in [0.25, 0.3) is 0 Å². The standard InChI is InChI=1S/C19H25N3O4/c1-24-13-17-20-19(26-21-17)15-8-5-6-12-22(15)18(23)11-10-14-7-3-4-9-16(14)25-2/h3-4,7,9,15H,5-6,8,10-13H2,1-2H3/t15-/m1/s1. The number of nitrogens with zero attached hydrogens (tertiary/aromatic N) is 3. The number of aryl methyl sites for hydroxylation is 1. The number of piperidine rings is 1. The highest BCUT2D eigenvalue weighted by atomic mass is 16.5. The molecular weight excluding hydrogens is 334 g/mol. The molecule has 1 aromatic heterocycles. The minimum Gasteiger partial charge on any atom is -0.496 e. The molecule has 0 aliphatic carbocycles. The molecule has 1 aliphatic rings. The van der Waals surface area contributed by atoms with Gasteiger partial charge in [-0.05, 0) is 37.3 Å². The van der Waals surface area contributed by atoms with Crippen molar-refractivity contribution in [2.24, 2.45) is 0 Å². The number of ether oxygens (including phenoxy) is 2. The number of aromatic nitrogens is 2. The number of hydrogen-bond acceptors (Lipinski definition) is 6. The van der Waals surface area contributed by atoms with Crippen molar-refractivity contribution >= 4 is 5.91 Å². The van der Waals surface area contributed by atoms with Gasteiger partial charge in [-0.3, -0.25) is 4.79 Å². The van der Waals surface area contributed by atoms with Gasteiger partial charge < -0.3 is 18.9 Å². The molecule has 7 nitrogen and oxygen atoms in total. The predicted octanol–water partition coefficient (Wildman–Crippen LogP) is 2.91. The summed E-state index contributed by atoms with van der Waals surface area (Å²) in [5, 5.41) is 3.93. The lowest BCUT2D eigenvalue weighted by Crippen LogP contribution is -2.38. The van der Waals surface area contributed by atoms with E-state index < -0.39 is 0 Å². The third-order valence-electron chi connectivity index (χ3n) is 4.67. The lowest BCUT2D eigenvalue weighted by Gasteiger charge is -2.33. The Morgan fingerprint density at radius 2 is 2.15 bits per heavy atom. The number of carbonyl (C=O) groups excluding carboxylic acids is 1. The summed E-state index contributed by atoms with van der Waals surface area (Å²) >= 11 is 0. The van der Waals surface area contributed by atoms with Crippen LogP contribution in [0.1, 0.15) is 49.0 Å². The molecule has 0 bridgehead atoms. The van der Waals surface area contributed by atoms with Crippen LogP contribution in [-0.4, -0.2) is 41.7 Å². The van der Waals surface area contributed by atoms with Crippen molar-refractivity contribution in [1.29, 1.82) is 0 Å². The zero-order chi connectivity index (χ0) is 18.4. The van der Waals surface area contributed by atoms with Gasteiger partial charge in [-0.15, -0.1) is 0 Å². The summed E-state index contributed by atoms with van der Waals surface area (Å²) in [5.41, 5.74) is 1.04. The molecule has 1 aromatic carbocycles. The van der Waals surface area contributed by atoms with Gasteiger partial charge in [0.15, 0.2) is 5.82 Å². The van der Waals surface area contributed by atoms with Gasteiger partial charge in [0.1, 0.15) is 18.4 Å². The maximum absolute atomic E-state index is 12.9. The third-order valence-corrected chi connectivity index (χ3v) is 4.67. The number of methoxy groups -OCH3 is 2. The van der Waals surface area contributed by atoms with Crippen molar-refractivity contribution in [3.8, 4) is 5.75 Å². The first-order valence-corrected chi connectivity index (χ1v) is 8.95. The van der Waals surface area contributed by atoms with E-state index in [0.29, 0.717) is 31.2 Å². The van der Waals surface area contributed by atoms with Crippen molar-refractivity contribution in [3.63, 3.8) is 0 Å². The largest absolute Gasteiger partial charge is 0.496 e. The van der Waals surface area contributed by atoms with E-state index in [1.165, 1.54) is 0 Å². The number of rotatable bonds is 7. The Morgan fingerprint density at radius 3 is 2.96 bits per heavy atom. The fourth-order valence-electron chi connectivity index (χ4n) is 3.37. The van der Waals surface area contributed by atoms with Gasteiger partial charge in [0.05, 0.1) is 7.11 Å². The second-order valence-electron chi connectivity index (χ2n) is 6.39. The molecule has 0 spiro atoms. The number of amides is 1. The average Bonchev–Trinajstić information content (AvgIpc) is 3.15. The molecule has 3 rings (SSSR count). The third kappa shape index (κ3) is 4.22. The second kappa shape index (κ2) is 8.80. The van der Waals surface area contributed by atoms with E-state index in [0.717, 1.165) is 37.1 Å². The van der Waals surface area contributed by atoms with Crippen LogP contribution in [0, 0.1) is 0 Å². The van der Waals surface area contributed by atoms with Crippen LogP contribution in [0.2, 0.25) is 0 Å². The van der Waals surface area contributed by atoms with Gasteiger partial charge in [0.25, 0.3) is 0 Å². The Balaban J connectivity index is 1.67. The minimum absolute atomic E-state index is 0.104. The average molecular weight is 359 g/mol. The summed E-state index contributed by atoms with van der Waals surface area (Å²) in [4.78, 5) is 19.1. The van der Waals surface area contributed by atoms with Crippen LogP contribution in [-0.2, 0) is 22.6 Å². The summed E-state index contributed by atoms with van der Waals surface area (Å²) in [6.45, 7) is 1.02. The molecule has 1 amide bonds. The molecule has 1 saturated heterocycles. The highest BCUT2D eigenvalue weighted by Crippen LogP contribution is 2.31. The molecule has 1 aliphatic heterocycles. The van der Waals surface area contributed by atoms with Gasteiger partial charge in [-0.2, -0.15) is 4.98 Å². The normalized spacial score (nSPS) is 17.3. The minimum atomic E-state index is -0.146.